The van der Waals surface area contributed by atoms with E-state index in [0.29, 0.717) is 12.2 Å². The van der Waals surface area contributed by atoms with Crippen LogP contribution in [0.3, 0.4) is 0 Å². The van der Waals surface area contributed by atoms with Crippen molar-refractivity contribution in [2.45, 2.75) is 19.3 Å². The first-order chi connectivity index (χ1) is 12.1. The maximum atomic E-state index is 12.9. The molecule has 0 radical (unpaired) electrons. The highest BCUT2D eigenvalue weighted by molar-refractivity contribution is 8.18. The number of fused-ring (bicyclic) bond motifs is 1. The standard InChI is InChI=1S/C18H19N3O3S/c1-19-13-8-4-3-7-12(13)14(16(19)22)15-17(23)21(18(24)25-15)11-20-9-5-2-6-10-20/h3-4,7-8H,2,5-6,9-11H2,1H3. The summed E-state index contributed by atoms with van der Waals surface area (Å²) in [6, 6.07) is 7.36. The molecule has 130 valence electrons. The summed E-state index contributed by atoms with van der Waals surface area (Å²) < 4.78 is 0. The summed E-state index contributed by atoms with van der Waals surface area (Å²) in [7, 11) is 1.69. The summed E-state index contributed by atoms with van der Waals surface area (Å²) in [5.74, 6) is -0.585. The van der Waals surface area contributed by atoms with Crippen LogP contribution in [0.15, 0.2) is 29.2 Å². The van der Waals surface area contributed by atoms with Gasteiger partial charge < -0.3 is 4.90 Å². The molecule has 0 atom stereocenters. The number of nitrogens with zero attached hydrogens (tertiary/aromatic N) is 3. The van der Waals surface area contributed by atoms with Gasteiger partial charge in [0, 0.05) is 12.6 Å². The zero-order valence-electron chi connectivity index (χ0n) is 14.0. The summed E-state index contributed by atoms with van der Waals surface area (Å²) >= 11 is 0.880. The summed E-state index contributed by atoms with van der Waals surface area (Å²) in [5, 5.41) is -0.294. The molecule has 1 aromatic carbocycles. The van der Waals surface area contributed by atoms with E-state index in [1.807, 2.05) is 24.3 Å². The summed E-state index contributed by atoms with van der Waals surface area (Å²) in [6.45, 7) is 2.11. The molecule has 0 N–H and O–H groups in total. The van der Waals surface area contributed by atoms with Crippen molar-refractivity contribution in [3.05, 3.63) is 34.7 Å². The second-order valence-electron chi connectivity index (χ2n) is 6.51. The maximum absolute atomic E-state index is 12.9. The van der Waals surface area contributed by atoms with E-state index in [1.165, 1.54) is 16.2 Å². The van der Waals surface area contributed by atoms with Crippen LogP contribution in [-0.4, -0.2) is 53.7 Å². The quantitative estimate of drug-likeness (QED) is 0.761. The fourth-order valence-electron chi connectivity index (χ4n) is 3.56. The van der Waals surface area contributed by atoms with E-state index >= 15 is 0 Å². The van der Waals surface area contributed by atoms with Crippen LogP contribution in [0.4, 0.5) is 10.5 Å². The smallest absolute Gasteiger partial charge is 0.294 e. The van der Waals surface area contributed by atoms with Gasteiger partial charge in [-0.15, -0.1) is 0 Å². The molecule has 6 nitrogen and oxygen atoms in total. The molecule has 0 aromatic heterocycles. The number of carbonyl (C=O) groups excluding carboxylic acids is 3. The third kappa shape index (κ3) is 2.67. The van der Waals surface area contributed by atoms with Gasteiger partial charge in [0.15, 0.2) is 0 Å². The van der Waals surface area contributed by atoms with Crippen LogP contribution in [0.25, 0.3) is 5.57 Å². The van der Waals surface area contributed by atoms with Gasteiger partial charge in [-0.05, 0) is 43.8 Å². The van der Waals surface area contributed by atoms with Crippen LogP contribution in [-0.2, 0) is 9.59 Å². The Kier molecular flexibility index (Phi) is 4.13. The number of carbonyl (C=O) groups is 3. The highest BCUT2D eigenvalue weighted by atomic mass is 32.2. The van der Waals surface area contributed by atoms with Crippen molar-refractivity contribution in [2.75, 3.05) is 31.7 Å². The molecule has 0 unspecified atom stereocenters. The SMILES string of the molecule is CN1C(=O)C(=C2SC(=O)N(CN3CCCCC3)C2=O)c2ccccc21. The molecule has 7 heteroatoms. The van der Waals surface area contributed by atoms with E-state index in [4.69, 9.17) is 0 Å². The first-order valence-corrected chi connectivity index (χ1v) is 9.27. The van der Waals surface area contributed by atoms with Crippen molar-refractivity contribution in [1.29, 1.82) is 0 Å². The predicted octanol–water partition coefficient (Wildman–Crippen LogP) is 2.51. The molecular weight excluding hydrogens is 338 g/mol. The predicted molar refractivity (Wildman–Crippen MR) is 96.9 cm³/mol. The van der Waals surface area contributed by atoms with Crippen LogP contribution >= 0.6 is 11.8 Å². The Morgan fingerprint density at radius 3 is 2.48 bits per heavy atom. The Balaban J connectivity index is 1.67. The largest absolute Gasteiger partial charge is 0.311 e. The molecule has 2 fully saturated rings. The Hall–Kier alpha value is -2.12. The molecular formula is C18H19N3O3S. The zero-order valence-corrected chi connectivity index (χ0v) is 14.8. The molecule has 3 aliphatic rings. The van der Waals surface area contributed by atoms with E-state index < -0.39 is 0 Å². The van der Waals surface area contributed by atoms with Crippen LogP contribution < -0.4 is 4.90 Å². The van der Waals surface area contributed by atoms with Gasteiger partial charge in [-0.2, -0.15) is 0 Å². The van der Waals surface area contributed by atoms with E-state index in [-0.39, 0.29) is 22.0 Å². The molecule has 0 aliphatic carbocycles. The van der Waals surface area contributed by atoms with Crippen LogP contribution in [0.5, 0.6) is 0 Å². The monoisotopic (exact) mass is 357 g/mol. The van der Waals surface area contributed by atoms with Gasteiger partial charge in [0.2, 0.25) is 0 Å². The molecule has 4 rings (SSSR count). The summed E-state index contributed by atoms with van der Waals surface area (Å²) in [6.07, 6.45) is 3.38. The molecule has 25 heavy (non-hydrogen) atoms. The number of anilines is 1. The Morgan fingerprint density at radius 2 is 1.72 bits per heavy atom. The minimum Gasteiger partial charge on any atom is -0.311 e. The number of rotatable bonds is 2. The average molecular weight is 357 g/mol. The lowest BCUT2D eigenvalue weighted by molar-refractivity contribution is -0.124. The van der Waals surface area contributed by atoms with E-state index in [2.05, 4.69) is 4.90 Å². The van der Waals surface area contributed by atoms with E-state index in [0.717, 1.165) is 48.9 Å². The fourth-order valence-corrected chi connectivity index (χ4v) is 4.48. The topological polar surface area (TPSA) is 60.9 Å². The maximum Gasteiger partial charge on any atom is 0.294 e. The van der Waals surface area contributed by atoms with Gasteiger partial charge in [-0.1, -0.05) is 24.6 Å². The van der Waals surface area contributed by atoms with Crippen molar-refractivity contribution >= 4 is 40.1 Å². The highest BCUT2D eigenvalue weighted by Gasteiger charge is 2.43. The molecule has 2 saturated heterocycles. The molecule has 3 heterocycles. The molecule has 0 saturated carbocycles. The Morgan fingerprint density at radius 1 is 1.00 bits per heavy atom. The fraction of sp³-hybridized carbons (Fsp3) is 0.389. The number of piperidine rings is 1. The number of thioether (sulfide) groups is 1. The van der Waals surface area contributed by atoms with Gasteiger partial charge in [0.05, 0.1) is 22.8 Å². The number of benzene rings is 1. The van der Waals surface area contributed by atoms with E-state index in [9.17, 15) is 14.4 Å². The molecule has 3 amide bonds. The normalized spacial score (nSPS) is 24.4. The van der Waals surface area contributed by atoms with Gasteiger partial charge in [-0.25, -0.2) is 0 Å². The third-order valence-corrected chi connectivity index (χ3v) is 5.90. The second-order valence-corrected chi connectivity index (χ2v) is 7.47. The first kappa shape index (κ1) is 16.4. The second kappa shape index (κ2) is 6.31. The minimum absolute atomic E-state index is 0.232. The van der Waals surface area contributed by atoms with Crippen molar-refractivity contribution in [3.8, 4) is 0 Å². The van der Waals surface area contributed by atoms with Crippen molar-refractivity contribution in [3.63, 3.8) is 0 Å². The zero-order chi connectivity index (χ0) is 17.6. The Labute approximate surface area is 150 Å². The molecule has 0 bridgehead atoms. The number of hydrogen-bond donors (Lipinski definition) is 0. The van der Waals surface area contributed by atoms with Gasteiger partial charge in [-0.3, -0.25) is 24.2 Å². The van der Waals surface area contributed by atoms with Gasteiger partial charge in [0.1, 0.15) is 0 Å². The summed E-state index contributed by atoms with van der Waals surface area (Å²) in [4.78, 5) is 43.1. The number of para-hydroxylation sites is 1. The lowest BCUT2D eigenvalue weighted by Gasteiger charge is -2.29. The first-order valence-electron chi connectivity index (χ1n) is 8.45. The van der Waals surface area contributed by atoms with Crippen LogP contribution in [0, 0.1) is 0 Å². The van der Waals surface area contributed by atoms with Crippen LogP contribution in [0.2, 0.25) is 0 Å². The molecule has 3 aliphatic heterocycles. The minimum atomic E-state index is -0.353. The number of likely N-dealkylation sites (tertiary alicyclic amines) is 1. The third-order valence-electron chi connectivity index (χ3n) is 4.92. The lowest BCUT2D eigenvalue weighted by atomic mass is 10.1. The van der Waals surface area contributed by atoms with Gasteiger partial charge >= 0.3 is 0 Å². The van der Waals surface area contributed by atoms with Gasteiger partial charge in [0.25, 0.3) is 17.1 Å². The number of hydrogen-bond acceptors (Lipinski definition) is 5. The number of likely N-dealkylation sites (N-methyl/N-ethyl adjacent to an activating group) is 1. The molecule has 1 aromatic rings. The van der Waals surface area contributed by atoms with Crippen molar-refractivity contribution in [2.24, 2.45) is 0 Å². The van der Waals surface area contributed by atoms with E-state index in [1.54, 1.807) is 7.05 Å². The number of imide groups is 1. The van der Waals surface area contributed by atoms with Crippen molar-refractivity contribution < 1.29 is 14.4 Å². The van der Waals surface area contributed by atoms with Crippen molar-refractivity contribution in [1.82, 2.24) is 9.80 Å². The number of amides is 3. The highest BCUT2D eigenvalue weighted by Crippen LogP contribution is 2.43. The summed E-state index contributed by atoms with van der Waals surface area (Å²) in [5.41, 5.74) is 1.84. The average Bonchev–Trinajstić information content (AvgIpc) is 3.04. The van der Waals surface area contributed by atoms with Crippen LogP contribution in [0.1, 0.15) is 24.8 Å². The lowest BCUT2D eigenvalue weighted by Crippen LogP contribution is -2.42. The molecule has 0 spiro atoms. The Bertz CT molecular complexity index is 799.